The van der Waals surface area contributed by atoms with Gasteiger partial charge in [0, 0.05) is 11.3 Å². The highest BCUT2D eigenvalue weighted by Crippen LogP contribution is 2.30. The maximum absolute atomic E-state index is 10.9. The van der Waals surface area contributed by atoms with E-state index in [-0.39, 0.29) is 10.7 Å². The Hall–Kier alpha value is -0.940. The van der Waals surface area contributed by atoms with Gasteiger partial charge in [-0.3, -0.25) is 0 Å². The number of carboxylic acids is 1. The molecule has 1 aromatic heterocycles. The van der Waals surface area contributed by atoms with Crippen LogP contribution >= 0.6 is 23.4 Å². The first-order valence-corrected chi connectivity index (χ1v) is 7.47. The topological polar surface area (TPSA) is 62.2 Å². The predicted molar refractivity (Wildman–Crippen MR) is 74.8 cm³/mol. The molecule has 1 aromatic rings. The van der Waals surface area contributed by atoms with E-state index >= 15 is 0 Å². The van der Waals surface area contributed by atoms with E-state index in [1.165, 1.54) is 25.0 Å². The number of aromatic nitrogens is 1. The van der Waals surface area contributed by atoms with Crippen LogP contribution in [0.15, 0.2) is 12.1 Å². The maximum Gasteiger partial charge on any atom is 0.335 e. The molecular formula is C12H15ClN2O2S. The fraction of sp³-hybridized carbons (Fsp3) is 0.500. The minimum absolute atomic E-state index is 0.163. The molecule has 0 radical (unpaired) electrons. The molecule has 18 heavy (non-hydrogen) atoms. The quantitative estimate of drug-likeness (QED) is 0.833. The number of carboxylic acid groups (broad SMARTS) is 1. The van der Waals surface area contributed by atoms with Crippen LogP contribution in [-0.4, -0.2) is 33.6 Å². The molecule has 0 amide bonds. The Labute approximate surface area is 115 Å². The number of nitrogens with one attached hydrogen (secondary N) is 1. The van der Waals surface area contributed by atoms with Crippen molar-refractivity contribution < 1.29 is 9.90 Å². The van der Waals surface area contributed by atoms with Gasteiger partial charge in [0.25, 0.3) is 0 Å². The van der Waals surface area contributed by atoms with E-state index in [4.69, 9.17) is 16.7 Å². The number of aromatic carboxylic acids is 1. The van der Waals surface area contributed by atoms with Crippen molar-refractivity contribution in [2.24, 2.45) is 0 Å². The van der Waals surface area contributed by atoms with Gasteiger partial charge in [-0.25, -0.2) is 9.78 Å². The first-order valence-electron chi connectivity index (χ1n) is 5.80. The molecule has 1 heterocycles. The third kappa shape index (κ3) is 3.09. The lowest BCUT2D eigenvalue weighted by Crippen LogP contribution is -2.26. The second-order valence-corrected chi connectivity index (χ2v) is 5.79. The predicted octanol–water partition coefficient (Wildman–Crippen LogP) is 3.13. The Bertz CT molecular complexity index is 456. The maximum atomic E-state index is 10.9. The summed E-state index contributed by atoms with van der Waals surface area (Å²) in [5.41, 5.74) is 0.163. The fourth-order valence-electron chi connectivity index (χ4n) is 2.26. The minimum atomic E-state index is -0.991. The Kier molecular flexibility index (Phi) is 4.35. The molecule has 0 bridgehead atoms. The molecule has 0 aliphatic heterocycles. The van der Waals surface area contributed by atoms with Crippen LogP contribution in [0.2, 0.25) is 5.15 Å². The highest BCUT2D eigenvalue weighted by atomic mass is 35.5. The standard InChI is InChI=1S/C12H15ClN2O2S/c1-18-9-4-2-3-8(9)14-11-6-7(12(16)17)5-10(13)15-11/h5-6,8-9H,2-4H2,1H3,(H,14,15)(H,16,17). The van der Waals surface area contributed by atoms with Gasteiger partial charge in [0.15, 0.2) is 0 Å². The van der Waals surface area contributed by atoms with Crippen LogP contribution in [0.25, 0.3) is 0 Å². The zero-order chi connectivity index (χ0) is 13.1. The SMILES string of the molecule is CSC1CCCC1Nc1cc(C(=O)O)cc(Cl)n1. The number of anilines is 1. The van der Waals surface area contributed by atoms with Crippen LogP contribution in [0.4, 0.5) is 5.82 Å². The summed E-state index contributed by atoms with van der Waals surface area (Å²) in [6.45, 7) is 0. The monoisotopic (exact) mass is 286 g/mol. The van der Waals surface area contributed by atoms with E-state index in [0.717, 1.165) is 6.42 Å². The van der Waals surface area contributed by atoms with Gasteiger partial charge < -0.3 is 10.4 Å². The van der Waals surface area contributed by atoms with Crippen molar-refractivity contribution in [3.05, 3.63) is 22.8 Å². The molecule has 1 saturated carbocycles. The van der Waals surface area contributed by atoms with Crippen molar-refractivity contribution in [2.45, 2.75) is 30.6 Å². The summed E-state index contributed by atoms with van der Waals surface area (Å²) in [4.78, 5) is 15.1. The highest BCUT2D eigenvalue weighted by molar-refractivity contribution is 7.99. The third-order valence-electron chi connectivity index (χ3n) is 3.13. The molecule has 1 aliphatic carbocycles. The summed E-state index contributed by atoms with van der Waals surface area (Å²) in [5.74, 6) is -0.443. The van der Waals surface area contributed by atoms with Gasteiger partial charge in [0.1, 0.15) is 11.0 Å². The van der Waals surface area contributed by atoms with Gasteiger partial charge in [-0.1, -0.05) is 18.0 Å². The molecule has 0 spiro atoms. The molecule has 1 fully saturated rings. The molecule has 2 unspecified atom stereocenters. The molecule has 2 N–H and O–H groups in total. The van der Waals surface area contributed by atoms with Crippen molar-refractivity contribution in [3.8, 4) is 0 Å². The van der Waals surface area contributed by atoms with Crippen molar-refractivity contribution in [1.82, 2.24) is 4.98 Å². The average Bonchev–Trinajstić information content (AvgIpc) is 2.75. The summed E-state index contributed by atoms with van der Waals surface area (Å²) in [7, 11) is 0. The first kappa shape index (κ1) is 13.5. The van der Waals surface area contributed by atoms with Crippen LogP contribution in [-0.2, 0) is 0 Å². The summed E-state index contributed by atoms with van der Waals surface area (Å²) in [5, 5.41) is 13.0. The lowest BCUT2D eigenvalue weighted by atomic mass is 10.2. The van der Waals surface area contributed by atoms with E-state index in [9.17, 15) is 4.79 Å². The van der Waals surface area contributed by atoms with Gasteiger partial charge in [-0.15, -0.1) is 0 Å². The second-order valence-electron chi connectivity index (χ2n) is 4.32. The number of hydrogen-bond donors (Lipinski definition) is 2. The number of carbonyl (C=O) groups is 1. The van der Waals surface area contributed by atoms with E-state index in [1.54, 1.807) is 0 Å². The molecule has 2 rings (SSSR count). The van der Waals surface area contributed by atoms with Crippen LogP contribution in [0, 0.1) is 0 Å². The largest absolute Gasteiger partial charge is 0.478 e. The Balaban J connectivity index is 2.16. The first-order chi connectivity index (χ1) is 8.60. The van der Waals surface area contributed by atoms with Crippen LogP contribution in [0.3, 0.4) is 0 Å². The van der Waals surface area contributed by atoms with Gasteiger partial charge in [-0.05, 0) is 31.2 Å². The smallest absolute Gasteiger partial charge is 0.335 e. The van der Waals surface area contributed by atoms with E-state index in [2.05, 4.69) is 16.6 Å². The lowest BCUT2D eigenvalue weighted by molar-refractivity contribution is 0.0697. The Morgan fingerprint density at radius 3 is 3.00 bits per heavy atom. The number of thioether (sulfide) groups is 1. The van der Waals surface area contributed by atoms with Gasteiger partial charge >= 0.3 is 5.97 Å². The van der Waals surface area contributed by atoms with E-state index in [0.29, 0.717) is 17.1 Å². The third-order valence-corrected chi connectivity index (χ3v) is 4.49. The number of nitrogens with zero attached hydrogens (tertiary/aromatic N) is 1. The summed E-state index contributed by atoms with van der Waals surface area (Å²) < 4.78 is 0. The number of rotatable bonds is 4. The van der Waals surface area contributed by atoms with Gasteiger partial charge in [0.05, 0.1) is 5.56 Å². The summed E-state index contributed by atoms with van der Waals surface area (Å²) in [6.07, 6.45) is 5.56. The molecule has 0 aromatic carbocycles. The molecule has 0 saturated heterocycles. The summed E-state index contributed by atoms with van der Waals surface area (Å²) in [6, 6.07) is 3.23. The fourth-order valence-corrected chi connectivity index (χ4v) is 3.40. The van der Waals surface area contributed by atoms with E-state index < -0.39 is 5.97 Å². The molecule has 1 aliphatic rings. The van der Waals surface area contributed by atoms with Crippen molar-refractivity contribution in [3.63, 3.8) is 0 Å². The Morgan fingerprint density at radius 2 is 2.33 bits per heavy atom. The molecule has 6 heteroatoms. The van der Waals surface area contributed by atoms with Crippen LogP contribution in [0.5, 0.6) is 0 Å². The van der Waals surface area contributed by atoms with Crippen LogP contribution < -0.4 is 5.32 Å². The van der Waals surface area contributed by atoms with Crippen molar-refractivity contribution >= 4 is 35.1 Å². The number of pyridine rings is 1. The van der Waals surface area contributed by atoms with Crippen LogP contribution in [0.1, 0.15) is 29.6 Å². The normalized spacial score (nSPS) is 23.0. The zero-order valence-electron chi connectivity index (χ0n) is 10.0. The Morgan fingerprint density at radius 1 is 1.56 bits per heavy atom. The molecule has 4 nitrogen and oxygen atoms in total. The average molecular weight is 287 g/mol. The second kappa shape index (κ2) is 5.80. The summed E-state index contributed by atoms with van der Waals surface area (Å²) >= 11 is 7.67. The lowest BCUT2D eigenvalue weighted by Gasteiger charge is -2.20. The van der Waals surface area contributed by atoms with Crippen molar-refractivity contribution in [1.29, 1.82) is 0 Å². The number of halogens is 1. The zero-order valence-corrected chi connectivity index (χ0v) is 11.6. The number of hydrogen-bond acceptors (Lipinski definition) is 4. The van der Waals surface area contributed by atoms with Crippen molar-refractivity contribution in [2.75, 3.05) is 11.6 Å². The molecule has 2 atom stereocenters. The molecule has 98 valence electrons. The minimum Gasteiger partial charge on any atom is -0.478 e. The van der Waals surface area contributed by atoms with Gasteiger partial charge in [-0.2, -0.15) is 11.8 Å². The molecular weight excluding hydrogens is 272 g/mol. The van der Waals surface area contributed by atoms with E-state index in [1.807, 2.05) is 11.8 Å². The van der Waals surface area contributed by atoms with Gasteiger partial charge in [0.2, 0.25) is 0 Å². The highest BCUT2D eigenvalue weighted by Gasteiger charge is 2.26.